The molecule has 0 spiro atoms. The highest BCUT2D eigenvalue weighted by Gasteiger charge is 2.42. The molecule has 4 nitrogen and oxygen atoms in total. The summed E-state index contributed by atoms with van der Waals surface area (Å²) in [6, 6.07) is 8.31. The average Bonchev–Trinajstić information content (AvgIpc) is 3.27. The quantitative estimate of drug-likeness (QED) is 0.896. The maximum Gasteiger partial charge on any atom is 0.227 e. The van der Waals surface area contributed by atoms with E-state index in [4.69, 9.17) is 4.98 Å². The van der Waals surface area contributed by atoms with Crippen molar-refractivity contribution in [1.29, 1.82) is 0 Å². The van der Waals surface area contributed by atoms with Gasteiger partial charge < -0.3 is 10.2 Å². The van der Waals surface area contributed by atoms with Gasteiger partial charge in [-0.2, -0.15) is 0 Å². The first kappa shape index (κ1) is 15.9. The third-order valence-corrected chi connectivity index (χ3v) is 7.76. The molecule has 1 amide bonds. The zero-order valence-corrected chi connectivity index (χ0v) is 15.8. The minimum atomic E-state index is 0.202. The van der Waals surface area contributed by atoms with Crippen LogP contribution in [0, 0.1) is 11.8 Å². The monoisotopic (exact) mass is 371 g/mol. The Bertz CT molecular complexity index is 837. The lowest BCUT2D eigenvalue weighted by Gasteiger charge is -2.32. The lowest BCUT2D eigenvalue weighted by Crippen LogP contribution is -2.38. The number of aromatic nitrogens is 1. The van der Waals surface area contributed by atoms with Crippen LogP contribution in [0.4, 0.5) is 0 Å². The molecule has 130 valence electrons. The molecule has 3 aliphatic rings. The van der Waals surface area contributed by atoms with Gasteiger partial charge in [0.15, 0.2) is 0 Å². The number of nitrogens with zero attached hydrogens (tertiary/aromatic N) is 2. The zero-order chi connectivity index (χ0) is 17.0. The molecule has 1 saturated heterocycles. The molecule has 1 N–H and O–H groups in total. The lowest BCUT2D eigenvalue weighted by atomic mass is 9.89. The Labute approximate surface area is 155 Å². The van der Waals surface area contributed by atoms with Crippen molar-refractivity contribution in [1.82, 2.24) is 15.2 Å². The molecule has 2 unspecified atom stereocenters. The van der Waals surface area contributed by atoms with Gasteiger partial charge >= 0.3 is 0 Å². The highest BCUT2D eigenvalue weighted by molar-refractivity contribution is 8.04. The fraction of sp³-hybridized carbons (Fsp3) is 0.474. The van der Waals surface area contributed by atoms with Gasteiger partial charge in [-0.25, -0.2) is 4.98 Å². The van der Waals surface area contributed by atoms with Gasteiger partial charge in [0.2, 0.25) is 5.91 Å². The molecule has 1 aromatic carbocycles. The third-order valence-electron chi connectivity index (χ3n) is 5.36. The molecule has 2 fully saturated rings. The summed E-state index contributed by atoms with van der Waals surface area (Å²) in [5.74, 6) is 0.930. The van der Waals surface area contributed by atoms with E-state index in [1.54, 1.807) is 11.3 Å². The summed E-state index contributed by atoms with van der Waals surface area (Å²) < 4.78 is 1.22. The number of thioether (sulfide) groups is 1. The SMILES string of the molecule is CN1CCC2C(c3nc4ccccc4s3)=C(NC(=O)C3CC3)SC2C1. The molecular formula is C19H21N3OS2. The Morgan fingerprint density at radius 1 is 1.28 bits per heavy atom. The van der Waals surface area contributed by atoms with Gasteiger partial charge in [-0.1, -0.05) is 12.1 Å². The smallest absolute Gasteiger partial charge is 0.227 e. The minimum absolute atomic E-state index is 0.202. The first-order valence-electron chi connectivity index (χ1n) is 8.95. The second-order valence-electron chi connectivity index (χ2n) is 7.31. The van der Waals surface area contributed by atoms with Gasteiger partial charge in [0.05, 0.1) is 15.2 Å². The fourth-order valence-corrected chi connectivity index (χ4v) is 6.55. The number of fused-ring (bicyclic) bond motifs is 2. The molecule has 0 bridgehead atoms. The Morgan fingerprint density at radius 2 is 2.12 bits per heavy atom. The Kier molecular flexibility index (Phi) is 3.87. The summed E-state index contributed by atoms with van der Waals surface area (Å²) in [5, 5.41) is 5.95. The van der Waals surface area contributed by atoms with Crippen LogP contribution in [0.5, 0.6) is 0 Å². The van der Waals surface area contributed by atoms with Gasteiger partial charge in [0.25, 0.3) is 0 Å². The number of nitrogens with one attached hydrogen (secondary N) is 1. The van der Waals surface area contributed by atoms with Crippen LogP contribution >= 0.6 is 23.1 Å². The molecule has 25 heavy (non-hydrogen) atoms. The van der Waals surface area contributed by atoms with Gasteiger partial charge in [-0.05, 0) is 45.0 Å². The second-order valence-corrected chi connectivity index (χ2v) is 9.59. The van der Waals surface area contributed by atoms with Crippen LogP contribution in [0.3, 0.4) is 0 Å². The normalized spacial score (nSPS) is 26.9. The van der Waals surface area contributed by atoms with Crippen LogP contribution in [0.25, 0.3) is 15.8 Å². The predicted molar refractivity (Wildman–Crippen MR) is 104 cm³/mol. The van der Waals surface area contributed by atoms with Crippen molar-refractivity contribution >= 4 is 44.8 Å². The fourth-order valence-electron chi connectivity index (χ4n) is 3.80. The number of hydrogen-bond donors (Lipinski definition) is 1. The summed E-state index contributed by atoms with van der Waals surface area (Å²) in [6.45, 7) is 2.19. The molecule has 2 atom stereocenters. The van der Waals surface area contributed by atoms with Gasteiger partial charge in [-0.15, -0.1) is 23.1 Å². The van der Waals surface area contributed by atoms with Crippen molar-refractivity contribution in [2.45, 2.75) is 24.5 Å². The molecule has 2 aromatic rings. The number of piperidine rings is 1. The number of benzene rings is 1. The summed E-state index contributed by atoms with van der Waals surface area (Å²) in [7, 11) is 2.19. The number of amides is 1. The summed E-state index contributed by atoms with van der Waals surface area (Å²) >= 11 is 3.62. The average molecular weight is 372 g/mol. The largest absolute Gasteiger partial charge is 0.320 e. The molecule has 0 radical (unpaired) electrons. The van der Waals surface area contributed by atoms with Gasteiger partial charge in [0, 0.05) is 29.2 Å². The number of hydrogen-bond acceptors (Lipinski definition) is 5. The van der Waals surface area contributed by atoms with E-state index < -0.39 is 0 Å². The molecule has 1 aliphatic carbocycles. The van der Waals surface area contributed by atoms with Gasteiger partial charge in [-0.3, -0.25) is 4.79 Å². The van der Waals surface area contributed by atoms with E-state index >= 15 is 0 Å². The summed E-state index contributed by atoms with van der Waals surface area (Å²) in [4.78, 5) is 19.7. The van der Waals surface area contributed by atoms with Crippen LogP contribution in [0.15, 0.2) is 29.3 Å². The number of carbonyl (C=O) groups is 1. The van der Waals surface area contributed by atoms with Gasteiger partial charge in [0.1, 0.15) is 5.01 Å². The summed E-state index contributed by atoms with van der Waals surface area (Å²) in [6.07, 6.45) is 3.22. The van der Waals surface area contributed by atoms with Crippen LogP contribution in [-0.2, 0) is 4.79 Å². The number of rotatable bonds is 3. The number of thiazole rings is 1. The molecule has 5 rings (SSSR count). The van der Waals surface area contributed by atoms with E-state index in [0.29, 0.717) is 11.2 Å². The third kappa shape index (κ3) is 2.90. The molecule has 1 aromatic heterocycles. The molecule has 3 heterocycles. The van der Waals surface area contributed by atoms with E-state index in [1.807, 2.05) is 17.8 Å². The van der Waals surface area contributed by atoms with Crippen molar-refractivity contribution in [3.63, 3.8) is 0 Å². The number of allylic oxidation sites excluding steroid dienone is 1. The topological polar surface area (TPSA) is 45.2 Å². The van der Waals surface area contributed by atoms with E-state index in [-0.39, 0.29) is 11.8 Å². The Balaban J connectivity index is 1.55. The van der Waals surface area contributed by atoms with Crippen molar-refractivity contribution in [3.05, 3.63) is 34.3 Å². The maximum absolute atomic E-state index is 12.4. The number of likely N-dealkylation sites (tertiary alicyclic amines) is 1. The van der Waals surface area contributed by atoms with E-state index in [2.05, 4.69) is 35.5 Å². The predicted octanol–water partition coefficient (Wildman–Crippen LogP) is 3.56. The molecular weight excluding hydrogens is 350 g/mol. The van der Waals surface area contributed by atoms with Crippen LogP contribution < -0.4 is 5.32 Å². The van der Waals surface area contributed by atoms with E-state index in [1.165, 1.54) is 10.3 Å². The first-order chi connectivity index (χ1) is 12.2. The van der Waals surface area contributed by atoms with Crippen LogP contribution in [-0.4, -0.2) is 41.2 Å². The highest BCUT2D eigenvalue weighted by Crippen LogP contribution is 2.50. The second kappa shape index (κ2) is 6.11. The number of carbonyl (C=O) groups excluding carboxylic acids is 1. The van der Waals surface area contributed by atoms with Crippen molar-refractivity contribution in [2.24, 2.45) is 11.8 Å². The van der Waals surface area contributed by atoms with Crippen LogP contribution in [0.2, 0.25) is 0 Å². The summed E-state index contributed by atoms with van der Waals surface area (Å²) in [5.41, 5.74) is 2.35. The van der Waals surface area contributed by atoms with Crippen molar-refractivity contribution < 1.29 is 4.79 Å². The highest BCUT2D eigenvalue weighted by atomic mass is 32.2. The Hall–Kier alpha value is -1.37. The Morgan fingerprint density at radius 3 is 2.92 bits per heavy atom. The molecule has 6 heteroatoms. The standard InChI is InChI=1S/C19H21N3OS2/c1-22-9-8-12-15(10-22)25-19(21-17(23)11-6-7-11)16(12)18-20-13-4-2-3-5-14(13)24-18/h2-5,11-12,15H,6-10H2,1H3,(H,21,23). The van der Waals surface area contributed by atoms with Crippen molar-refractivity contribution in [2.75, 3.05) is 20.1 Å². The van der Waals surface area contributed by atoms with Crippen molar-refractivity contribution in [3.8, 4) is 0 Å². The molecule has 1 saturated carbocycles. The van der Waals surface area contributed by atoms with Crippen LogP contribution in [0.1, 0.15) is 24.3 Å². The number of para-hydroxylation sites is 1. The maximum atomic E-state index is 12.4. The first-order valence-corrected chi connectivity index (χ1v) is 10.6. The molecule has 2 aliphatic heterocycles. The minimum Gasteiger partial charge on any atom is -0.320 e. The lowest BCUT2D eigenvalue weighted by molar-refractivity contribution is -0.121. The zero-order valence-electron chi connectivity index (χ0n) is 14.2. The van der Waals surface area contributed by atoms with E-state index in [0.717, 1.165) is 47.9 Å². The van der Waals surface area contributed by atoms with E-state index in [9.17, 15) is 4.79 Å².